The number of carbonyl (C=O) groups is 1. The molecule has 1 aromatic rings. The van der Waals surface area contributed by atoms with Crippen molar-refractivity contribution in [3.63, 3.8) is 0 Å². The van der Waals surface area contributed by atoms with Gasteiger partial charge in [-0.05, 0) is 18.1 Å². The normalized spacial score (nSPS) is 9.88. The summed E-state index contributed by atoms with van der Waals surface area (Å²) in [5.41, 5.74) is -0.0548. The van der Waals surface area contributed by atoms with Gasteiger partial charge in [0.15, 0.2) is 0 Å². The molecule has 0 saturated heterocycles. The molecule has 0 N–H and O–H groups in total. The number of hydrogen-bond donors (Lipinski definition) is 0. The first-order valence-corrected chi connectivity index (χ1v) is 4.54. The number of carbonyl (C=O) groups excluding carboxylic acids is 1. The summed E-state index contributed by atoms with van der Waals surface area (Å²) in [4.78, 5) is 20.5. The zero-order valence-corrected chi connectivity index (χ0v) is 8.60. The van der Waals surface area contributed by atoms with Crippen molar-refractivity contribution in [3.05, 3.63) is 39.7 Å². The molecule has 6 heteroatoms. The van der Waals surface area contributed by atoms with Crippen molar-refractivity contribution in [2.24, 2.45) is 0 Å². The molecule has 0 heterocycles. The summed E-state index contributed by atoms with van der Waals surface area (Å²) in [6.07, 6.45) is 0.396. The molecule has 0 bridgehead atoms. The lowest BCUT2D eigenvalue weighted by Crippen LogP contribution is -2.02. The van der Waals surface area contributed by atoms with Crippen LogP contribution in [0.5, 0.6) is 0 Å². The summed E-state index contributed by atoms with van der Waals surface area (Å²) < 4.78 is 17.4. The Labute approximate surface area is 91.0 Å². The Morgan fingerprint density at radius 2 is 2.25 bits per heavy atom. The topological polar surface area (TPSA) is 69.4 Å². The zero-order chi connectivity index (χ0) is 12.1. The first kappa shape index (κ1) is 12.1. The minimum atomic E-state index is -0.883. The van der Waals surface area contributed by atoms with Crippen molar-refractivity contribution in [1.82, 2.24) is 0 Å². The summed E-state index contributed by atoms with van der Waals surface area (Å²) in [5.74, 6) is -1.29. The Balaban J connectivity index is 2.79. The van der Waals surface area contributed by atoms with Crippen LogP contribution in [0.2, 0.25) is 0 Å². The summed E-state index contributed by atoms with van der Waals surface area (Å²) in [6, 6.07) is 3.55. The number of halogens is 1. The minimum absolute atomic E-state index is 0.110. The van der Waals surface area contributed by atoms with Gasteiger partial charge in [0.1, 0.15) is 0 Å². The number of aryl methyl sites for hydroxylation is 1. The lowest BCUT2D eigenvalue weighted by atomic mass is 10.1. The third-order valence-corrected chi connectivity index (χ3v) is 2.05. The molecule has 0 saturated carbocycles. The summed E-state index contributed by atoms with van der Waals surface area (Å²) in [7, 11) is 1.26. The van der Waals surface area contributed by atoms with Crippen LogP contribution in [0.3, 0.4) is 0 Å². The van der Waals surface area contributed by atoms with Crippen LogP contribution in [0.15, 0.2) is 18.2 Å². The molecule has 86 valence electrons. The highest BCUT2D eigenvalue weighted by Crippen LogP contribution is 2.19. The molecular weight excluding hydrogens is 217 g/mol. The lowest BCUT2D eigenvalue weighted by Gasteiger charge is -2.01. The second-order valence-corrected chi connectivity index (χ2v) is 3.12. The number of hydrogen-bond acceptors (Lipinski definition) is 4. The number of nitro benzene ring substituents is 1. The highest BCUT2D eigenvalue weighted by atomic mass is 19.1. The molecule has 0 aromatic heterocycles. The third-order valence-electron chi connectivity index (χ3n) is 2.05. The van der Waals surface area contributed by atoms with Crippen molar-refractivity contribution in [2.75, 3.05) is 7.11 Å². The fourth-order valence-corrected chi connectivity index (χ4v) is 1.20. The van der Waals surface area contributed by atoms with Crippen LogP contribution in [-0.4, -0.2) is 18.0 Å². The number of nitro groups is 1. The van der Waals surface area contributed by atoms with Gasteiger partial charge in [-0.15, -0.1) is 0 Å². The van der Waals surface area contributed by atoms with Gasteiger partial charge in [-0.1, -0.05) is 6.07 Å². The van der Waals surface area contributed by atoms with Crippen molar-refractivity contribution in [2.45, 2.75) is 12.8 Å². The SMILES string of the molecule is COC(=O)CCc1ccc(F)c([N+](=O)[O-])c1. The highest BCUT2D eigenvalue weighted by Gasteiger charge is 2.14. The second kappa shape index (κ2) is 5.20. The second-order valence-electron chi connectivity index (χ2n) is 3.12. The predicted molar refractivity (Wildman–Crippen MR) is 53.4 cm³/mol. The van der Waals surface area contributed by atoms with E-state index in [1.165, 1.54) is 13.2 Å². The molecule has 1 aromatic carbocycles. The Morgan fingerprint density at radius 3 is 2.81 bits per heavy atom. The standard InChI is InChI=1S/C10H10FNO4/c1-16-10(13)5-3-7-2-4-8(11)9(6-7)12(14)15/h2,4,6H,3,5H2,1H3. The molecule has 0 aliphatic heterocycles. The van der Waals surface area contributed by atoms with E-state index >= 15 is 0 Å². The summed E-state index contributed by atoms with van der Waals surface area (Å²) in [6.45, 7) is 0. The lowest BCUT2D eigenvalue weighted by molar-refractivity contribution is -0.387. The van der Waals surface area contributed by atoms with E-state index < -0.39 is 22.4 Å². The number of esters is 1. The van der Waals surface area contributed by atoms with Gasteiger partial charge in [-0.25, -0.2) is 0 Å². The van der Waals surface area contributed by atoms with Gasteiger partial charge < -0.3 is 4.74 Å². The molecule has 5 nitrogen and oxygen atoms in total. The van der Waals surface area contributed by atoms with Gasteiger partial charge in [0, 0.05) is 12.5 Å². The first-order chi connectivity index (χ1) is 7.54. The Bertz CT molecular complexity index is 419. The maximum Gasteiger partial charge on any atom is 0.305 e. The average Bonchev–Trinajstić information content (AvgIpc) is 2.27. The van der Waals surface area contributed by atoms with Crippen LogP contribution in [-0.2, 0) is 16.0 Å². The zero-order valence-electron chi connectivity index (χ0n) is 8.60. The Morgan fingerprint density at radius 1 is 1.56 bits per heavy atom. The molecule has 16 heavy (non-hydrogen) atoms. The van der Waals surface area contributed by atoms with Crippen molar-refractivity contribution >= 4 is 11.7 Å². The predicted octanol–water partition coefficient (Wildman–Crippen LogP) is 1.84. The van der Waals surface area contributed by atoms with E-state index in [0.29, 0.717) is 5.56 Å². The fraction of sp³-hybridized carbons (Fsp3) is 0.300. The number of methoxy groups -OCH3 is 1. The number of ether oxygens (including phenoxy) is 1. The Hall–Kier alpha value is -1.98. The smallest absolute Gasteiger partial charge is 0.305 e. The molecule has 0 fully saturated rings. The van der Waals surface area contributed by atoms with E-state index in [9.17, 15) is 19.3 Å². The molecule has 0 spiro atoms. The van der Waals surface area contributed by atoms with Gasteiger partial charge in [0.25, 0.3) is 0 Å². The molecule has 1 rings (SSSR count). The van der Waals surface area contributed by atoms with Crippen LogP contribution in [0, 0.1) is 15.9 Å². The molecule has 0 unspecified atom stereocenters. The van der Waals surface area contributed by atoms with E-state index in [4.69, 9.17) is 0 Å². The van der Waals surface area contributed by atoms with Crippen molar-refractivity contribution in [1.29, 1.82) is 0 Å². The fourth-order valence-electron chi connectivity index (χ4n) is 1.20. The van der Waals surface area contributed by atoms with Crippen LogP contribution in [0.1, 0.15) is 12.0 Å². The molecule has 0 radical (unpaired) electrons. The van der Waals surface area contributed by atoms with Gasteiger partial charge in [-0.3, -0.25) is 14.9 Å². The van der Waals surface area contributed by atoms with Crippen LogP contribution >= 0.6 is 0 Å². The molecule has 0 aliphatic carbocycles. The van der Waals surface area contributed by atoms with Gasteiger partial charge in [-0.2, -0.15) is 4.39 Å². The van der Waals surface area contributed by atoms with Crippen LogP contribution in [0.25, 0.3) is 0 Å². The number of rotatable bonds is 4. The van der Waals surface area contributed by atoms with E-state index in [1.807, 2.05) is 0 Å². The van der Waals surface area contributed by atoms with Gasteiger partial charge in [0.2, 0.25) is 5.82 Å². The molecule has 0 aliphatic rings. The first-order valence-electron chi connectivity index (χ1n) is 4.54. The highest BCUT2D eigenvalue weighted by molar-refractivity contribution is 5.69. The number of benzene rings is 1. The number of nitrogens with zero attached hydrogens (tertiary/aromatic N) is 1. The monoisotopic (exact) mass is 227 g/mol. The third kappa shape index (κ3) is 3.01. The average molecular weight is 227 g/mol. The van der Waals surface area contributed by atoms with E-state index in [1.54, 1.807) is 0 Å². The summed E-state index contributed by atoms with van der Waals surface area (Å²) in [5, 5.41) is 10.4. The maximum absolute atomic E-state index is 13.0. The quantitative estimate of drug-likeness (QED) is 0.447. The van der Waals surface area contributed by atoms with E-state index in [0.717, 1.165) is 12.1 Å². The van der Waals surface area contributed by atoms with Crippen LogP contribution in [0.4, 0.5) is 10.1 Å². The largest absolute Gasteiger partial charge is 0.469 e. The summed E-state index contributed by atoms with van der Waals surface area (Å²) >= 11 is 0. The minimum Gasteiger partial charge on any atom is -0.469 e. The molecular formula is C10H10FNO4. The Kier molecular flexibility index (Phi) is 3.93. The maximum atomic E-state index is 13.0. The molecule has 0 amide bonds. The van der Waals surface area contributed by atoms with E-state index in [-0.39, 0.29) is 12.8 Å². The van der Waals surface area contributed by atoms with Crippen molar-refractivity contribution < 1.29 is 18.8 Å². The van der Waals surface area contributed by atoms with Gasteiger partial charge in [0.05, 0.1) is 12.0 Å². The van der Waals surface area contributed by atoms with Crippen molar-refractivity contribution in [3.8, 4) is 0 Å². The van der Waals surface area contributed by atoms with E-state index in [2.05, 4.69) is 4.74 Å². The molecule has 0 atom stereocenters. The van der Waals surface area contributed by atoms with Crippen LogP contribution < -0.4 is 0 Å². The van der Waals surface area contributed by atoms with Gasteiger partial charge >= 0.3 is 11.7 Å².